The number of hydrogen-bond donors (Lipinski definition) is 2. The van der Waals surface area contributed by atoms with Crippen molar-refractivity contribution in [3.05, 3.63) is 17.5 Å². The third-order valence-electron chi connectivity index (χ3n) is 4.04. The Kier molecular flexibility index (Phi) is 3.00. The molecule has 1 amide bonds. The van der Waals surface area contributed by atoms with Crippen molar-refractivity contribution in [2.75, 3.05) is 0 Å². The first kappa shape index (κ1) is 12.2. The fourth-order valence-corrected chi connectivity index (χ4v) is 2.81. The number of carboxylic acids is 1. The predicted octanol–water partition coefficient (Wildman–Crippen LogP) is 1.27. The van der Waals surface area contributed by atoms with Gasteiger partial charge in [0.1, 0.15) is 5.69 Å². The lowest BCUT2D eigenvalue weighted by Crippen LogP contribution is -2.20. The fraction of sp³-hybridized carbons (Fsp3) is 0.615. The molecule has 104 valence electrons. The number of nitrogens with zero attached hydrogens (tertiary/aromatic N) is 2. The summed E-state index contributed by atoms with van der Waals surface area (Å²) < 4.78 is 8.37. The molecule has 6 nitrogen and oxygen atoms in total. The normalized spacial score (nSPS) is 25.8. The van der Waals surface area contributed by atoms with Crippen LogP contribution in [0.2, 0.25) is 1.41 Å². The van der Waals surface area contributed by atoms with Crippen LogP contribution in [0.4, 0.5) is 0 Å². The summed E-state index contributed by atoms with van der Waals surface area (Å²) in [5.74, 6) is -1.55. The van der Waals surface area contributed by atoms with Gasteiger partial charge in [-0.1, -0.05) is 19.8 Å². The van der Waals surface area contributed by atoms with Gasteiger partial charge in [0, 0.05) is 18.5 Å². The van der Waals surface area contributed by atoms with Crippen LogP contribution in [-0.4, -0.2) is 26.8 Å². The molecule has 2 rings (SSSR count). The van der Waals surface area contributed by atoms with Gasteiger partial charge in [0.15, 0.2) is 1.41 Å². The molecule has 19 heavy (non-hydrogen) atoms. The van der Waals surface area contributed by atoms with Gasteiger partial charge in [-0.25, -0.2) is 0 Å². The Hall–Kier alpha value is -1.85. The van der Waals surface area contributed by atoms with E-state index >= 15 is 0 Å². The number of carbonyl (C=O) groups is 2. The zero-order valence-electron chi connectivity index (χ0n) is 12.1. The van der Waals surface area contributed by atoms with Gasteiger partial charge < -0.3 is 10.8 Å². The number of carbonyl (C=O) groups excluding carboxylic acids is 1. The monoisotopic (exact) mass is 266 g/mol. The van der Waals surface area contributed by atoms with Crippen molar-refractivity contribution in [3.63, 3.8) is 0 Å². The lowest BCUT2D eigenvalue weighted by atomic mass is 9.93. The highest BCUT2D eigenvalue weighted by molar-refractivity contribution is 5.93. The molecule has 0 spiro atoms. The van der Waals surface area contributed by atoms with E-state index < -0.39 is 17.3 Å². The van der Waals surface area contributed by atoms with Crippen molar-refractivity contribution in [1.29, 1.82) is 0 Å². The Balaban J connectivity index is 2.30. The Labute approximate surface area is 113 Å². The number of aliphatic carboxylic acids is 1. The first-order chi connectivity index (χ1) is 9.47. The minimum Gasteiger partial charge on any atom is -0.481 e. The fourth-order valence-electron chi connectivity index (χ4n) is 2.81. The number of unbranched alkanes of at least 4 members (excludes halogenated alkanes) is 1. The van der Waals surface area contributed by atoms with E-state index in [1.165, 1.54) is 4.68 Å². The highest BCUT2D eigenvalue weighted by atomic mass is 16.4. The molecule has 1 heterocycles. The molecule has 2 atom stereocenters. The molecule has 1 aliphatic rings. The van der Waals surface area contributed by atoms with Crippen LogP contribution in [0, 0.1) is 5.41 Å². The lowest BCUT2D eigenvalue weighted by molar-refractivity contribution is -0.143. The molecule has 0 radical (unpaired) electrons. The van der Waals surface area contributed by atoms with Crippen LogP contribution in [-0.2, 0) is 11.8 Å². The van der Waals surface area contributed by atoms with Gasteiger partial charge in [0.05, 0.1) is 11.6 Å². The van der Waals surface area contributed by atoms with Gasteiger partial charge in [-0.2, -0.15) is 5.10 Å². The third-order valence-corrected chi connectivity index (χ3v) is 4.04. The third kappa shape index (κ3) is 2.11. The highest BCUT2D eigenvalue weighted by Gasteiger charge is 2.61. The van der Waals surface area contributed by atoms with Crippen LogP contribution in [0.5, 0.6) is 0 Å². The number of carboxylic acid groups (broad SMARTS) is 1. The maximum absolute atomic E-state index is 11.7. The molecule has 0 aliphatic heterocycles. The van der Waals surface area contributed by atoms with Crippen molar-refractivity contribution >= 4 is 11.9 Å². The van der Waals surface area contributed by atoms with Crippen LogP contribution in [0.25, 0.3) is 0 Å². The SMILES string of the molecule is [2H]NC(=O)c1c(C2CC2(CCCC)C(=O)O)cnn1C. The molecule has 1 aliphatic carbocycles. The molecule has 3 N–H and O–H groups in total. The molecule has 1 aromatic heterocycles. The van der Waals surface area contributed by atoms with Crippen molar-refractivity contribution in [2.24, 2.45) is 18.2 Å². The number of rotatable bonds is 6. The molecule has 6 heteroatoms. The molecular formula is C13H19N3O3. The van der Waals surface area contributed by atoms with Crippen molar-refractivity contribution < 1.29 is 16.1 Å². The molecule has 0 bridgehead atoms. The average molecular weight is 266 g/mol. The Bertz CT molecular complexity index is 543. The second-order valence-corrected chi connectivity index (χ2v) is 5.22. The Morgan fingerprint density at radius 1 is 1.74 bits per heavy atom. The second kappa shape index (κ2) is 4.68. The number of primary amides is 1. The van der Waals surface area contributed by atoms with E-state index in [2.05, 4.69) is 5.10 Å². The predicted molar refractivity (Wildman–Crippen MR) is 68.7 cm³/mol. The van der Waals surface area contributed by atoms with Crippen molar-refractivity contribution in [1.82, 2.24) is 9.78 Å². The van der Waals surface area contributed by atoms with Crippen molar-refractivity contribution in [3.8, 4) is 0 Å². The summed E-state index contributed by atoms with van der Waals surface area (Å²) in [7, 11) is 1.62. The first-order valence-corrected chi connectivity index (χ1v) is 6.45. The summed E-state index contributed by atoms with van der Waals surface area (Å²) in [6.45, 7) is 2.02. The van der Waals surface area contributed by atoms with E-state index in [1.807, 2.05) is 12.7 Å². The van der Waals surface area contributed by atoms with Crippen LogP contribution in [0.1, 0.15) is 54.6 Å². The quantitative estimate of drug-likeness (QED) is 0.810. The van der Waals surface area contributed by atoms with E-state index in [9.17, 15) is 14.7 Å². The van der Waals surface area contributed by atoms with Gasteiger partial charge in [-0.15, -0.1) is 0 Å². The van der Waals surface area contributed by atoms with Crippen LogP contribution >= 0.6 is 0 Å². The van der Waals surface area contributed by atoms with E-state index in [0.29, 0.717) is 18.4 Å². The lowest BCUT2D eigenvalue weighted by Gasteiger charge is -2.11. The van der Waals surface area contributed by atoms with Gasteiger partial charge in [0.25, 0.3) is 5.91 Å². The number of aryl methyl sites for hydroxylation is 1. The van der Waals surface area contributed by atoms with Crippen LogP contribution in [0.15, 0.2) is 6.20 Å². The van der Waals surface area contributed by atoms with E-state index in [4.69, 9.17) is 1.41 Å². The Morgan fingerprint density at radius 3 is 3.05 bits per heavy atom. The first-order valence-electron chi connectivity index (χ1n) is 6.95. The molecule has 1 fully saturated rings. The van der Waals surface area contributed by atoms with Gasteiger partial charge in [0.2, 0.25) is 0 Å². The average Bonchev–Trinajstić information content (AvgIpc) is 3.05. The smallest absolute Gasteiger partial charge is 0.310 e. The molecule has 2 unspecified atom stereocenters. The molecule has 0 aromatic carbocycles. The summed E-state index contributed by atoms with van der Waals surface area (Å²) in [6, 6.07) is 0. The topological polar surface area (TPSA) is 98.2 Å². The minimum absolute atomic E-state index is 0.187. The number of nitrogens with two attached hydrogens (primary N) is 1. The van der Waals surface area contributed by atoms with Gasteiger partial charge in [-0.05, 0) is 12.8 Å². The zero-order chi connectivity index (χ0) is 14.9. The highest BCUT2D eigenvalue weighted by Crippen LogP contribution is 2.62. The zero-order valence-corrected chi connectivity index (χ0v) is 11.1. The number of amides is 1. The second-order valence-electron chi connectivity index (χ2n) is 5.22. The van der Waals surface area contributed by atoms with E-state index in [1.54, 1.807) is 13.2 Å². The Morgan fingerprint density at radius 2 is 2.47 bits per heavy atom. The molecule has 1 saturated carbocycles. The van der Waals surface area contributed by atoms with Crippen LogP contribution < -0.4 is 5.73 Å². The summed E-state index contributed by atoms with van der Waals surface area (Å²) in [6.07, 6.45) is 4.48. The molecule has 0 saturated heterocycles. The summed E-state index contributed by atoms with van der Waals surface area (Å²) in [5, 5.41) is 13.5. The minimum atomic E-state index is -0.808. The van der Waals surface area contributed by atoms with E-state index in [-0.39, 0.29) is 11.6 Å². The molecular weight excluding hydrogens is 246 g/mol. The van der Waals surface area contributed by atoms with Crippen LogP contribution in [0.3, 0.4) is 0 Å². The number of hydrogen-bond acceptors (Lipinski definition) is 3. The summed E-state index contributed by atoms with van der Waals surface area (Å²) >= 11 is 0. The number of aromatic nitrogens is 2. The summed E-state index contributed by atoms with van der Waals surface area (Å²) in [5.41, 5.74) is 1.98. The molecule has 1 aromatic rings. The summed E-state index contributed by atoms with van der Waals surface area (Å²) in [4.78, 5) is 23.3. The maximum Gasteiger partial charge on any atom is 0.310 e. The van der Waals surface area contributed by atoms with Gasteiger partial charge in [-0.3, -0.25) is 14.3 Å². The van der Waals surface area contributed by atoms with E-state index in [0.717, 1.165) is 12.8 Å². The van der Waals surface area contributed by atoms with Crippen molar-refractivity contribution in [2.45, 2.75) is 38.5 Å². The maximum atomic E-state index is 11.7. The van der Waals surface area contributed by atoms with Gasteiger partial charge >= 0.3 is 5.97 Å². The standard InChI is InChI=1S/C13H19N3O3/c1-3-4-5-13(12(18)19)6-9(13)8-7-15-16(2)10(8)11(14)17/h7,9H,3-6H2,1-2H3,(H2,14,17)(H,18,19)/i/hD. The largest absolute Gasteiger partial charge is 0.481 e.